The number of aromatic nitrogens is 2. The molecule has 1 unspecified atom stereocenters. The van der Waals surface area contributed by atoms with Gasteiger partial charge < -0.3 is 11.1 Å². The van der Waals surface area contributed by atoms with E-state index in [1.807, 2.05) is 6.92 Å². The number of nitrogens with zero attached hydrogens (tertiary/aromatic N) is 2. The topological polar surface area (TPSA) is 63.8 Å². The third-order valence-corrected chi connectivity index (χ3v) is 3.62. The molecule has 92 valence electrons. The molecule has 3 N–H and O–H groups in total. The van der Waals surface area contributed by atoms with Crippen molar-refractivity contribution in [3.63, 3.8) is 0 Å². The lowest BCUT2D eigenvalue weighted by atomic mass is 10.1. The normalized spacial score (nSPS) is 21.5. The summed E-state index contributed by atoms with van der Waals surface area (Å²) in [7, 11) is 0. The molecule has 0 amide bonds. The Bertz CT molecular complexity index is 412. The fraction of sp³-hybridized carbons (Fsp3) is 0.692. The molecule has 1 aromatic heterocycles. The molecule has 4 nitrogen and oxygen atoms in total. The van der Waals surface area contributed by atoms with Gasteiger partial charge in [-0.05, 0) is 39.5 Å². The molecule has 2 aliphatic carbocycles. The molecule has 2 aliphatic rings. The highest BCUT2D eigenvalue weighted by atomic mass is 15.0. The number of nitrogen functional groups attached to an aromatic ring is 1. The molecule has 2 fully saturated rings. The van der Waals surface area contributed by atoms with Gasteiger partial charge in [0.15, 0.2) is 0 Å². The summed E-state index contributed by atoms with van der Waals surface area (Å²) >= 11 is 0. The Labute approximate surface area is 102 Å². The molecule has 0 radical (unpaired) electrons. The van der Waals surface area contributed by atoms with Crippen molar-refractivity contribution in [3.05, 3.63) is 17.1 Å². The zero-order chi connectivity index (χ0) is 12.0. The average molecular weight is 232 g/mol. The first-order chi connectivity index (χ1) is 8.15. The predicted octanol–water partition coefficient (Wildman–Crippen LogP) is 2.06. The Kier molecular flexibility index (Phi) is 2.54. The molecule has 0 aromatic carbocycles. The van der Waals surface area contributed by atoms with E-state index in [1.165, 1.54) is 25.7 Å². The lowest BCUT2D eigenvalue weighted by Crippen LogP contribution is -2.23. The molecule has 0 spiro atoms. The summed E-state index contributed by atoms with van der Waals surface area (Å²) in [5.41, 5.74) is 8.22. The minimum absolute atomic E-state index is 0.260. The minimum atomic E-state index is 0.260. The van der Waals surface area contributed by atoms with Crippen molar-refractivity contribution in [2.24, 2.45) is 0 Å². The highest BCUT2D eigenvalue weighted by Crippen LogP contribution is 2.39. The van der Waals surface area contributed by atoms with Crippen LogP contribution in [0.1, 0.15) is 61.6 Å². The van der Waals surface area contributed by atoms with Crippen LogP contribution in [0.3, 0.4) is 0 Å². The predicted molar refractivity (Wildman–Crippen MR) is 67.7 cm³/mol. The maximum absolute atomic E-state index is 6.09. The quantitative estimate of drug-likeness (QED) is 0.834. The van der Waals surface area contributed by atoms with Crippen LogP contribution < -0.4 is 11.1 Å². The molecule has 4 heteroatoms. The van der Waals surface area contributed by atoms with Gasteiger partial charge >= 0.3 is 0 Å². The Hall–Kier alpha value is -1.16. The molecule has 3 rings (SSSR count). The Morgan fingerprint density at radius 3 is 2.47 bits per heavy atom. The lowest BCUT2D eigenvalue weighted by molar-refractivity contribution is 0.565. The Balaban J connectivity index is 1.86. The highest BCUT2D eigenvalue weighted by molar-refractivity contribution is 5.44. The summed E-state index contributed by atoms with van der Waals surface area (Å²) in [6, 6.07) is 0.933. The van der Waals surface area contributed by atoms with Crippen LogP contribution in [0, 0.1) is 6.92 Å². The molecule has 17 heavy (non-hydrogen) atoms. The van der Waals surface area contributed by atoms with Gasteiger partial charge in [-0.3, -0.25) is 0 Å². The van der Waals surface area contributed by atoms with E-state index in [1.54, 1.807) is 0 Å². The number of rotatable bonds is 4. The van der Waals surface area contributed by atoms with Crippen LogP contribution in [-0.4, -0.2) is 16.0 Å². The molecule has 0 saturated heterocycles. The van der Waals surface area contributed by atoms with Gasteiger partial charge in [0.25, 0.3) is 0 Å². The first kappa shape index (κ1) is 11.0. The molecular formula is C13H20N4. The summed E-state index contributed by atoms with van der Waals surface area (Å²) in [4.78, 5) is 9.09. The van der Waals surface area contributed by atoms with E-state index in [0.29, 0.717) is 17.8 Å². The van der Waals surface area contributed by atoms with Crippen molar-refractivity contribution in [1.29, 1.82) is 0 Å². The minimum Gasteiger partial charge on any atom is -0.383 e. The molecule has 0 bridgehead atoms. The molecule has 0 aliphatic heterocycles. The van der Waals surface area contributed by atoms with Crippen LogP contribution in [-0.2, 0) is 0 Å². The van der Waals surface area contributed by atoms with Gasteiger partial charge in [-0.25, -0.2) is 9.97 Å². The molecule has 1 heterocycles. The van der Waals surface area contributed by atoms with Crippen LogP contribution in [0.25, 0.3) is 0 Å². The summed E-state index contributed by atoms with van der Waals surface area (Å²) < 4.78 is 0. The maximum Gasteiger partial charge on any atom is 0.134 e. The standard InChI is InChI=1S/C13H20N4/c1-7(15-10-5-6-10)11-8(2)16-13(9-3-4-9)17-12(11)14/h7,9-10,15H,3-6H2,1-2H3,(H2,14,16,17). The zero-order valence-corrected chi connectivity index (χ0v) is 10.5. The fourth-order valence-electron chi connectivity index (χ4n) is 2.37. The van der Waals surface area contributed by atoms with Crippen LogP contribution in [0.15, 0.2) is 0 Å². The molecular weight excluding hydrogens is 212 g/mol. The van der Waals surface area contributed by atoms with Gasteiger partial charge in [0, 0.05) is 29.3 Å². The van der Waals surface area contributed by atoms with Crippen LogP contribution in [0.2, 0.25) is 0 Å². The maximum atomic E-state index is 6.09. The number of aryl methyl sites for hydroxylation is 1. The van der Waals surface area contributed by atoms with Gasteiger partial charge in [0.1, 0.15) is 11.6 Å². The molecule has 1 atom stereocenters. The molecule has 2 saturated carbocycles. The zero-order valence-electron chi connectivity index (χ0n) is 10.5. The second-order valence-electron chi connectivity index (χ2n) is 5.40. The second-order valence-corrected chi connectivity index (χ2v) is 5.40. The van der Waals surface area contributed by atoms with Crippen molar-refractivity contribution >= 4 is 5.82 Å². The van der Waals surface area contributed by atoms with E-state index in [2.05, 4.69) is 22.2 Å². The summed E-state index contributed by atoms with van der Waals surface area (Å²) in [5.74, 6) is 2.18. The first-order valence-corrected chi connectivity index (χ1v) is 6.55. The number of nitrogens with one attached hydrogen (secondary N) is 1. The van der Waals surface area contributed by atoms with Crippen molar-refractivity contribution in [3.8, 4) is 0 Å². The van der Waals surface area contributed by atoms with E-state index >= 15 is 0 Å². The van der Waals surface area contributed by atoms with Crippen molar-refractivity contribution < 1.29 is 0 Å². The number of anilines is 1. The average Bonchev–Trinajstić information content (AvgIpc) is 3.12. The van der Waals surface area contributed by atoms with E-state index in [4.69, 9.17) is 5.73 Å². The van der Waals surface area contributed by atoms with Crippen LogP contribution in [0.5, 0.6) is 0 Å². The monoisotopic (exact) mass is 232 g/mol. The smallest absolute Gasteiger partial charge is 0.134 e. The summed E-state index contributed by atoms with van der Waals surface area (Å²) in [6.45, 7) is 4.20. The Morgan fingerprint density at radius 1 is 1.24 bits per heavy atom. The van der Waals surface area contributed by atoms with Gasteiger partial charge in [-0.1, -0.05) is 0 Å². The summed E-state index contributed by atoms with van der Waals surface area (Å²) in [5, 5.41) is 3.56. The number of nitrogens with two attached hydrogens (primary N) is 1. The summed E-state index contributed by atoms with van der Waals surface area (Å²) in [6.07, 6.45) is 5.00. The fourth-order valence-corrected chi connectivity index (χ4v) is 2.37. The Morgan fingerprint density at radius 2 is 1.94 bits per heavy atom. The SMILES string of the molecule is Cc1nc(C2CC2)nc(N)c1C(C)NC1CC1. The number of hydrogen-bond acceptors (Lipinski definition) is 4. The van der Waals surface area contributed by atoms with E-state index in [0.717, 1.165) is 17.1 Å². The van der Waals surface area contributed by atoms with Gasteiger partial charge in [-0.2, -0.15) is 0 Å². The first-order valence-electron chi connectivity index (χ1n) is 6.55. The number of hydrogen-bond donors (Lipinski definition) is 2. The van der Waals surface area contributed by atoms with Gasteiger partial charge in [-0.15, -0.1) is 0 Å². The van der Waals surface area contributed by atoms with Crippen LogP contribution in [0.4, 0.5) is 5.82 Å². The third kappa shape index (κ3) is 2.27. The van der Waals surface area contributed by atoms with Crippen molar-refractivity contribution in [2.45, 2.75) is 57.5 Å². The van der Waals surface area contributed by atoms with E-state index in [-0.39, 0.29) is 6.04 Å². The molecule has 1 aromatic rings. The highest BCUT2D eigenvalue weighted by Gasteiger charge is 2.29. The van der Waals surface area contributed by atoms with Gasteiger partial charge in [0.05, 0.1) is 0 Å². The lowest BCUT2D eigenvalue weighted by Gasteiger charge is -2.18. The second kappa shape index (κ2) is 3.95. The van der Waals surface area contributed by atoms with Crippen molar-refractivity contribution in [2.75, 3.05) is 5.73 Å². The van der Waals surface area contributed by atoms with E-state index in [9.17, 15) is 0 Å². The van der Waals surface area contributed by atoms with Crippen LogP contribution >= 0.6 is 0 Å². The largest absolute Gasteiger partial charge is 0.383 e. The van der Waals surface area contributed by atoms with E-state index < -0.39 is 0 Å². The van der Waals surface area contributed by atoms with Gasteiger partial charge in [0.2, 0.25) is 0 Å². The third-order valence-electron chi connectivity index (χ3n) is 3.62. The van der Waals surface area contributed by atoms with Crippen molar-refractivity contribution in [1.82, 2.24) is 15.3 Å².